The third-order valence-electron chi connectivity index (χ3n) is 4.21. The molecular weight excluding hydrogens is 360 g/mol. The van der Waals surface area contributed by atoms with Crippen molar-refractivity contribution in [3.05, 3.63) is 71.8 Å². The molecule has 0 aliphatic rings. The number of carbonyl (C=O) groups excluding carboxylic acids is 2. The van der Waals surface area contributed by atoms with Gasteiger partial charge in [0.2, 0.25) is 0 Å². The Morgan fingerprint density at radius 1 is 0.964 bits per heavy atom. The molecular formula is C21H20N2O5. The number of amides is 2. The first-order valence-electron chi connectivity index (χ1n) is 8.65. The fourth-order valence-corrected chi connectivity index (χ4v) is 2.84. The second-order valence-electron chi connectivity index (χ2n) is 5.93. The SMILES string of the molecule is COc1ccc2ccccc2c1C(=O)NCCOc1ccc(C(=O)NO)cc1. The zero-order valence-electron chi connectivity index (χ0n) is 15.3. The molecule has 0 saturated carbocycles. The summed E-state index contributed by atoms with van der Waals surface area (Å²) >= 11 is 0. The van der Waals surface area contributed by atoms with Crippen molar-refractivity contribution in [2.75, 3.05) is 20.3 Å². The lowest BCUT2D eigenvalue weighted by molar-refractivity contribution is 0.0706. The molecule has 0 aliphatic heterocycles. The molecule has 0 saturated heterocycles. The summed E-state index contributed by atoms with van der Waals surface area (Å²) in [5.74, 6) is 0.219. The Morgan fingerprint density at radius 2 is 1.71 bits per heavy atom. The predicted octanol–water partition coefficient (Wildman–Crippen LogP) is 2.78. The van der Waals surface area contributed by atoms with E-state index in [0.717, 1.165) is 10.8 Å². The van der Waals surface area contributed by atoms with E-state index in [1.165, 1.54) is 19.2 Å². The van der Waals surface area contributed by atoms with Crippen molar-refractivity contribution in [3.8, 4) is 11.5 Å². The van der Waals surface area contributed by atoms with Crippen LogP contribution in [0.4, 0.5) is 0 Å². The van der Waals surface area contributed by atoms with Gasteiger partial charge in [0.1, 0.15) is 18.1 Å². The average molecular weight is 380 g/mol. The molecule has 0 atom stereocenters. The van der Waals surface area contributed by atoms with Crippen LogP contribution in [0.1, 0.15) is 20.7 Å². The van der Waals surface area contributed by atoms with Gasteiger partial charge in [-0.1, -0.05) is 30.3 Å². The number of methoxy groups -OCH3 is 1. The van der Waals surface area contributed by atoms with Gasteiger partial charge in [-0.05, 0) is 41.1 Å². The number of rotatable bonds is 7. The van der Waals surface area contributed by atoms with E-state index in [2.05, 4.69) is 5.32 Å². The lowest BCUT2D eigenvalue weighted by atomic mass is 10.0. The lowest BCUT2D eigenvalue weighted by Gasteiger charge is -2.13. The molecule has 7 nitrogen and oxygen atoms in total. The van der Waals surface area contributed by atoms with Crippen molar-refractivity contribution in [1.29, 1.82) is 0 Å². The van der Waals surface area contributed by atoms with E-state index in [1.54, 1.807) is 23.7 Å². The Morgan fingerprint density at radius 3 is 2.43 bits per heavy atom. The molecule has 0 unspecified atom stereocenters. The van der Waals surface area contributed by atoms with Crippen LogP contribution < -0.4 is 20.3 Å². The molecule has 3 N–H and O–H groups in total. The molecule has 7 heteroatoms. The second-order valence-corrected chi connectivity index (χ2v) is 5.93. The minimum atomic E-state index is -0.595. The molecule has 3 aromatic rings. The van der Waals surface area contributed by atoms with Gasteiger partial charge in [-0.25, -0.2) is 5.48 Å². The van der Waals surface area contributed by atoms with Gasteiger partial charge in [0.05, 0.1) is 19.2 Å². The van der Waals surface area contributed by atoms with Crippen molar-refractivity contribution in [3.63, 3.8) is 0 Å². The number of fused-ring (bicyclic) bond motifs is 1. The van der Waals surface area contributed by atoms with Gasteiger partial charge in [0.15, 0.2) is 0 Å². The minimum Gasteiger partial charge on any atom is -0.496 e. The first-order chi connectivity index (χ1) is 13.6. The van der Waals surface area contributed by atoms with Gasteiger partial charge in [-0.2, -0.15) is 0 Å². The predicted molar refractivity (Wildman–Crippen MR) is 104 cm³/mol. The Hall–Kier alpha value is -3.58. The fourth-order valence-electron chi connectivity index (χ4n) is 2.84. The van der Waals surface area contributed by atoms with Crippen LogP contribution >= 0.6 is 0 Å². The van der Waals surface area contributed by atoms with Crippen molar-refractivity contribution in [1.82, 2.24) is 10.8 Å². The summed E-state index contributed by atoms with van der Waals surface area (Å²) in [5.41, 5.74) is 2.36. The summed E-state index contributed by atoms with van der Waals surface area (Å²) in [5, 5.41) is 13.2. The number of benzene rings is 3. The highest BCUT2D eigenvalue weighted by atomic mass is 16.5. The average Bonchev–Trinajstić information content (AvgIpc) is 2.75. The highest BCUT2D eigenvalue weighted by Gasteiger charge is 2.15. The Bertz CT molecular complexity index is 986. The maximum Gasteiger partial charge on any atom is 0.274 e. The Kier molecular flexibility index (Phi) is 6.08. The highest BCUT2D eigenvalue weighted by Crippen LogP contribution is 2.27. The molecule has 0 aromatic heterocycles. The fraction of sp³-hybridized carbons (Fsp3) is 0.143. The monoisotopic (exact) mass is 380 g/mol. The largest absolute Gasteiger partial charge is 0.496 e. The minimum absolute atomic E-state index is 0.243. The molecule has 144 valence electrons. The van der Waals surface area contributed by atoms with Gasteiger partial charge in [-0.3, -0.25) is 14.8 Å². The lowest BCUT2D eigenvalue weighted by Crippen LogP contribution is -2.28. The number of nitrogens with one attached hydrogen (secondary N) is 2. The Labute approximate surface area is 161 Å². The third-order valence-corrected chi connectivity index (χ3v) is 4.21. The van der Waals surface area contributed by atoms with Crippen LogP contribution in [0.2, 0.25) is 0 Å². The van der Waals surface area contributed by atoms with Gasteiger partial charge < -0.3 is 14.8 Å². The van der Waals surface area contributed by atoms with E-state index in [9.17, 15) is 9.59 Å². The van der Waals surface area contributed by atoms with E-state index in [-0.39, 0.29) is 12.5 Å². The maximum atomic E-state index is 12.7. The third kappa shape index (κ3) is 4.21. The molecule has 3 rings (SSSR count). The van der Waals surface area contributed by atoms with Crippen LogP contribution in [-0.4, -0.2) is 37.3 Å². The first-order valence-corrected chi connectivity index (χ1v) is 8.65. The zero-order chi connectivity index (χ0) is 19.9. The summed E-state index contributed by atoms with van der Waals surface area (Å²) in [7, 11) is 1.53. The van der Waals surface area contributed by atoms with E-state index < -0.39 is 5.91 Å². The van der Waals surface area contributed by atoms with Crippen molar-refractivity contribution < 1.29 is 24.3 Å². The van der Waals surface area contributed by atoms with Crippen molar-refractivity contribution >= 4 is 22.6 Å². The van der Waals surface area contributed by atoms with Gasteiger partial charge in [0, 0.05) is 5.56 Å². The number of hydrogen-bond donors (Lipinski definition) is 3. The maximum absolute atomic E-state index is 12.7. The topological polar surface area (TPSA) is 96.9 Å². The number of hydroxylamine groups is 1. The van der Waals surface area contributed by atoms with E-state index >= 15 is 0 Å². The van der Waals surface area contributed by atoms with Crippen LogP contribution in [-0.2, 0) is 0 Å². The van der Waals surface area contributed by atoms with Crippen molar-refractivity contribution in [2.45, 2.75) is 0 Å². The first kappa shape index (κ1) is 19.2. The van der Waals surface area contributed by atoms with Crippen LogP contribution in [0, 0.1) is 0 Å². The normalized spacial score (nSPS) is 10.4. The zero-order valence-corrected chi connectivity index (χ0v) is 15.3. The Balaban J connectivity index is 1.61. The van der Waals surface area contributed by atoms with E-state index in [0.29, 0.717) is 29.2 Å². The van der Waals surface area contributed by atoms with E-state index in [4.69, 9.17) is 14.7 Å². The smallest absolute Gasteiger partial charge is 0.274 e. The number of hydrogen-bond acceptors (Lipinski definition) is 5. The molecule has 0 bridgehead atoms. The van der Waals surface area contributed by atoms with Gasteiger partial charge >= 0.3 is 0 Å². The summed E-state index contributed by atoms with van der Waals surface area (Å²) in [6.45, 7) is 0.550. The molecule has 2 amide bonds. The molecule has 0 fully saturated rings. The van der Waals surface area contributed by atoms with Gasteiger partial charge in [-0.15, -0.1) is 0 Å². The molecule has 3 aromatic carbocycles. The van der Waals surface area contributed by atoms with Crippen LogP contribution in [0.25, 0.3) is 10.8 Å². The highest BCUT2D eigenvalue weighted by molar-refractivity contribution is 6.09. The molecule has 0 spiro atoms. The van der Waals surface area contributed by atoms with E-state index in [1.807, 2.05) is 30.3 Å². The van der Waals surface area contributed by atoms with Crippen molar-refractivity contribution in [2.24, 2.45) is 0 Å². The second kappa shape index (κ2) is 8.88. The number of carbonyl (C=O) groups is 2. The standard InChI is InChI=1S/C21H20N2O5/c1-27-18-11-8-14-4-2-3-5-17(14)19(18)21(25)22-12-13-28-16-9-6-15(7-10-16)20(24)23-26/h2-11,26H,12-13H2,1H3,(H,22,25)(H,23,24). The molecule has 0 heterocycles. The summed E-state index contributed by atoms with van der Waals surface area (Å²) in [6, 6.07) is 17.6. The van der Waals surface area contributed by atoms with Crippen LogP contribution in [0.3, 0.4) is 0 Å². The molecule has 0 radical (unpaired) electrons. The van der Waals surface area contributed by atoms with Crippen LogP contribution in [0.5, 0.6) is 11.5 Å². The van der Waals surface area contributed by atoms with Gasteiger partial charge in [0.25, 0.3) is 11.8 Å². The summed E-state index contributed by atoms with van der Waals surface area (Å²) in [6.07, 6.45) is 0. The van der Waals surface area contributed by atoms with Crippen LogP contribution in [0.15, 0.2) is 60.7 Å². The summed E-state index contributed by atoms with van der Waals surface area (Å²) < 4.78 is 10.9. The summed E-state index contributed by atoms with van der Waals surface area (Å²) in [4.78, 5) is 24.0. The number of ether oxygens (including phenoxy) is 2. The molecule has 0 aliphatic carbocycles. The quantitative estimate of drug-likeness (QED) is 0.333. The molecule has 28 heavy (non-hydrogen) atoms.